The van der Waals surface area contributed by atoms with E-state index in [0.717, 1.165) is 31.9 Å². The van der Waals surface area contributed by atoms with Gasteiger partial charge in [-0.1, -0.05) is 19.3 Å². The van der Waals surface area contributed by atoms with Gasteiger partial charge in [0.2, 0.25) is 15.9 Å². The van der Waals surface area contributed by atoms with Crippen LogP contribution >= 0.6 is 0 Å². The van der Waals surface area contributed by atoms with Crippen LogP contribution in [0.4, 0.5) is 4.79 Å². The number of piperazine rings is 1. The van der Waals surface area contributed by atoms with E-state index < -0.39 is 10.0 Å². The highest BCUT2D eigenvalue weighted by atomic mass is 32.2. The molecule has 1 heterocycles. The molecule has 2 aliphatic rings. The van der Waals surface area contributed by atoms with Crippen LogP contribution in [0.25, 0.3) is 0 Å². The van der Waals surface area contributed by atoms with Gasteiger partial charge >= 0.3 is 6.03 Å². The molecule has 3 amide bonds. The number of rotatable bonds is 5. The van der Waals surface area contributed by atoms with E-state index in [1.807, 2.05) is 4.90 Å². The zero-order valence-corrected chi connectivity index (χ0v) is 15.1. The maximum atomic E-state index is 12.5. The fourth-order valence-corrected chi connectivity index (χ4v) is 3.73. The molecule has 0 radical (unpaired) electrons. The first-order chi connectivity index (χ1) is 11.4. The van der Waals surface area contributed by atoms with Gasteiger partial charge in [-0.25, -0.2) is 17.9 Å². The Hall–Kier alpha value is -1.35. The van der Waals surface area contributed by atoms with Crippen molar-refractivity contribution in [3.63, 3.8) is 0 Å². The van der Waals surface area contributed by atoms with Gasteiger partial charge in [0.05, 0.1) is 6.26 Å². The van der Waals surface area contributed by atoms with E-state index in [2.05, 4.69) is 10.0 Å². The zero-order valence-electron chi connectivity index (χ0n) is 14.3. The number of sulfonamides is 1. The first-order valence-electron chi connectivity index (χ1n) is 8.63. The van der Waals surface area contributed by atoms with E-state index in [0.29, 0.717) is 26.2 Å². The summed E-state index contributed by atoms with van der Waals surface area (Å²) in [6.45, 7) is 2.60. The van der Waals surface area contributed by atoms with Gasteiger partial charge in [0.15, 0.2) is 0 Å². The SMILES string of the molecule is CS(=O)(=O)NCCNC(=O)N1CCN(C(=O)C2CCCCC2)CC1. The second-order valence-electron chi connectivity index (χ2n) is 6.55. The standard InChI is InChI=1S/C15H28N4O4S/c1-24(22,23)17-8-7-16-15(21)19-11-9-18(10-12-19)14(20)13-5-3-2-4-6-13/h13,17H,2-12H2,1H3,(H,16,21). The number of hydrogen-bond acceptors (Lipinski definition) is 4. The van der Waals surface area contributed by atoms with Gasteiger partial charge < -0.3 is 15.1 Å². The lowest BCUT2D eigenvalue weighted by Crippen LogP contribution is -2.54. The molecule has 2 fully saturated rings. The maximum absolute atomic E-state index is 12.5. The molecular formula is C15H28N4O4S. The minimum atomic E-state index is -3.23. The van der Waals surface area contributed by atoms with E-state index in [-0.39, 0.29) is 30.9 Å². The third-order valence-electron chi connectivity index (χ3n) is 4.60. The number of amides is 3. The molecule has 0 aromatic heterocycles. The minimum absolute atomic E-state index is 0.168. The summed E-state index contributed by atoms with van der Waals surface area (Å²) in [5.41, 5.74) is 0. The maximum Gasteiger partial charge on any atom is 0.317 e. The molecule has 0 bridgehead atoms. The highest BCUT2D eigenvalue weighted by molar-refractivity contribution is 7.88. The van der Waals surface area contributed by atoms with E-state index in [9.17, 15) is 18.0 Å². The van der Waals surface area contributed by atoms with Crippen molar-refractivity contribution >= 4 is 22.0 Å². The van der Waals surface area contributed by atoms with Crippen LogP contribution in [0.3, 0.4) is 0 Å². The molecule has 1 aliphatic carbocycles. The summed E-state index contributed by atoms with van der Waals surface area (Å²) in [4.78, 5) is 28.1. The van der Waals surface area contributed by atoms with Gasteiger partial charge in [0.25, 0.3) is 0 Å². The van der Waals surface area contributed by atoms with Crippen LogP contribution in [-0.4, -0.2) is 75.7 Å². The Balaban J connectivity index is 1.68. The summed E-state index contributed by atoms with van der Waals surface area (Å²) in [7, 11) is -3.23. The Bertz CT molecular complexity index is 538. The number of hydrogen-bond donors (Lipinski definition) is 2. The van der Waals surface area contributed by atoms with E-state index in [1.165, 1.54) is 6.42 Å². The second kappa shape index (κ2) is 8.66. The van der Waals surface area contributed by atoms with Gasteiger partial charge in [0.1, 0.15) is 0 Å². The van der Waals surface area contributed by atoms with Gasteiger partial charge in [0, 0.05) is 45.2 Å². The summed E-state index contributed by atoms with van der Waals surface area (Å²) in [6, 6.07) is -0.213. The summed E-state index contributed by atoms with van der Waals surface area (Å²) in [6.07, 6.45) is 6.57. The molecule has 0 atom stereocenters. The topological polar surface area (TPSA) is 98.8 Å². The Morgan fingerprint density at radius 1 is 0.958 bits per heavy atom. The summed E-state index contributed by atoms with van der Waals surface area (Å²) >= 11 is 0. The van der Waals surface area contributed by atoms with E-state index >= 15 is 0 Å². The number of urea groups is 1. The van der Waals surface area contributed by atoms with Crippen LogP contribution in [0.5, 0.6) is 0 Å². The van der Waals surface area contributed by atoms with Gasteiger partial charge in [-0.2, -0.15) is 0 Å². The molecular weight excluding hydrogens is 332 g/mol. The molecule has 1 aliphatic heterocycles. The van der Waals surface area contributed by atoms with Crippen molar-refractivity contribution in [3.8, 4) is 0 Å². The number of carbonyl (C=O) groups is 2. The molecule has 24 heavy (non-hydrogen) atoms. The van der Waals surface area contributed by atoms with Crippen molar-refractivity contribution in [3.05, 3.63) is 0 Å². The van der Waals surface area contributed by atoms with Crippen molar-refractivity contribution in [2.24, 2.45) is 5.92 Å². The van der Waals surface area contributed by atoms with Crippen LogP contribution in [-0.2, 0) is 14.8 Å². The fraction of sp³-hybridized carbons (Fsp3) is 0.867. The zero-order chi connectivity index (χ0) is 17.6. The molecule has 1 saturated heterocycles. The number of carbonyl (C=O) groups excluding carboxylic acids is 2. The lowest BCUT2D eigenvalue weighted by atomic mass is 9.88. The molecule has 138 valence electrons. The third kappa shape index (κ3) is 5.94. The van der Waals surface area contributed by atoms with Crippen molar-refractivity contribution in [2.75, 3.05) is 45.5 Å². The van der Waals surface area contributed by atoms with Crippen molar-refractivity contribution in [1.29, 1.82) is 0 Å². The normalized spacial score (nSPS) is 20.0. The van der Waals surface area contributed by atoms with Crippen LogP contribution in [0.15, 0.2) is 0 Å². The molecule has 0 aromatic rings. The molecule has 9 heteroatoms. The molecule has 2 N–H and O–H groups in total. The predicted octanol–water partition coefficient (Wildman–Crippen LogP) is -0.0303. The Morgan fingerprint density at radius 2 is 1.54 bits per heavy atom. The summed E-state index contributed by atoms with van der Waals surface area (Å²) in [5.74, 6) is 0.410. The Labute approximate surface area is 144 Å². The Morgan fingerprint density at radius 3 is 2.12 bits per heavy atom. The van der Waals surface area contributed by atoms with E-state index in [4.69, 9.17) is 0 Å². The summed E-state index contributed by atoms with van der Waals surface area (Å²) < 4.78 is 24.2. The van der Waals surface area contributed by atoms with Crippen LogP contribution in [0.2, 0.25) is 0 Å². The lowest BCUT2D eigenvalue weighted by molar-refractivity contribution is -0.138. The van der Waals surface area contributed by atoms with Crippen molar-refractivity contribution in [2.45, 2.75) is 32.1 Å². The average Bonchev–Trinajstić information content (AvgIpc) is 2.58. The molecule has 0 unspecified atom stereocenters. The monoisotopic (exact) mass is 360 g/mol. The molecule has 8 nitrogen and oxygen atoms in total. The first-order valence-corrected chi connectivity index (χ1v) is 10.5. The van der Waals surface area contributed by atoms with Crippen LogP contribution in [0.1, 0.15) is 32.1 Å². The van der Waals surface area contributed by atoms with Crippen LogP contribution in [0, 0.1) is 5.92 Å². The molecule has 1 saturated carbocycles. The smallest absolute Gasteiger partial charge is 0.317 e. The fourth-order valence-electron chi connectivity index (χ4n) is 3.26. The summed E-state index contributed by atoms with van der Waals surface area (Å²) in [5, 5.41) is 2.69. The lowest BCUT2D eigenvalue weighted by Gasteiger charge is -2.37. The van der Waals surface area contributed by atoms with Gasteiger partial charge in [-0.15, -0.1) is 0 Å². The molecule has 2 rings (SSSR count). The van der Waals surface area contributed by atoms with Crippen molar-refractivity contribution < 1.29 is 18.0 Å². The van der Waals surface area contributed by atoms with Gasteiger partial charge in [-0.05, 0) is 12.8 Å². The molecule has 0 aromatic carbocycles. The number of nitrogens with zero attached hydrogens (tertiary/aromatic N) is 2. The highest BCUT2D eigenvalue weighted by Crippen LogP contribution is 2.25. The third-order valence-corrected chi connectivity index (χ3v) is 5.33. The van der Waals surface area contributed by atoms with Gasteiger partial charge in [-0.3, -0.25) is 4.79 Å². The number of nitrogens with one attached hydrogen (secondary N) is 2. The Kier molecular flexibility index (Phi) is 6.85. The predicted molar refractivity (Wildman–Crippen MR) is 91.0 cm³/mol. The quantitative estimate of drug-likeness (QED) is 0.673. The van der Waals surface area contributed by atoms with Crippen molar-refractivity contribution in [1.82, 2.24) is 19.8 Å². The molecule has 0 spiro atoms. The second-order valence-corrected chi connectivity index (χ2v) is 8.38. The minimum Gasteiger partial charge on any atom is -0.339 e. The highest BCUT2D eigenvalue weighted by Gasteiger charge is 2.29. The van der Waals surface area contributed by atoms with Crippen LogP contribution < -0.4 is 10.0 Å². The van der Waals surface area contributed by atoms with E-state index in [1.54, 1.807) is 4.90 Å². The average molecular weight is 360 g/mol. The largest absolute Gasteiger partial charge is 0.339 e. The first kappa shape index (κ1) is 19.0.